The number of carbonyl (C=O) groups excluding carboxylic acids is 2. The van der Waals surface area contributed by atoms with Gasteiger partial charge in [0.05, 0.1) is 12.6 Å². The smallest absolute Gasteiger partial charge is 0.408 e. The van der Waals surface area contributed by atoms with Crippen molar-refractivity contribution in [2.24, 2.45) is 0 Å². The third-order valence-corrected chi connectivity index (χ3v) is 3.27. The molecule has 2 rings (SSSR count). The van der Waals surface area contributed by atoms with Crippen molar-refractivity contribution in [2.45, 2.75) is 45.4 Å². The van der Waals surface area contributed by atoms with E-state index in [9.17, 15) is 14.7 Å². The summed E-state index contributed by atoms with van der Waals surface area (Å²) in [6.45, 7) is 6.96. The molecule has 1 aromatic rings. The second-order valence-electron chi connectivity index (χ2n) is 6.43. The molecule has 0 fully saturated rings. The van der Waals surface area contributed by atoms with E-state index in [-0.39, 0.29) is 13.4 Å². The van der Waals surface area contributed by atoms with Crippen molar-refractivity contribution < 1.29 is 33.6 Å². The molecule has 0 bridgehead atoms. The number of aliphatic hydroxyl groups is 1. The highest BCUT2D eigenvalue weighted by Crippen LogP contribution is 2.35. The van der Waals surface area contributed by atoms with Crippen molar-refractivity contribution in [2.75, 3.05) is 13.4 Å². The van der Waals surface area contributed by atoms with Gasteiger partial charge in [0.1, 0.15) is 5.60 Å². The van der Waals surface area contributed by atoms with Gasteiger partial charge in [0.2, 0.25) is 6.79 Å². The first-order valence-corrected chi connectivity index (χ1v) is 7.95. The van der Waals surface area contributed by atoms with E-state index in [4.69, 9.17) is 18.9 Å². The molecule has 1 aliphatic heterocycles. The summed E-state index contributed by atoms with van der Waals surface area (Å²) in [5.74, 6) is 0.163. The lowest BCUT2D eigenvalue weighted by Crippen LogP contribution is -2.43. The van der Waals surface area contributed by atoms with Gasteiger partial charge < -0.3 is 29.4 Å². The average molecular weight is 353 g/mol. The summed E-state index contributed by atoms with van der Waals surface area (Å²) in [5.41, 5.74) is -0.269. The highest BCUT2D eigenvalue weighted by molar-refractivity contribution is 5.77. The van der Waals surface area contributed by atoms with E-state index >= 15 is 0 Å². The Morgan fingerprint density at radius 1 is 1.28 bits per heavy atom. The minimum Gasteiger partial charge on any atom is -0.464 e. The summed E-state index contributed by atoms with van der Waals surface area (Å²) in [7, 11) is 0. The number of rotatable bonds is 5. The number of benzene rings is 1. The van der Waals surface area contributed by atoms with Crippen LogP contribution in [-0.2, 0) is 14.3 Å². The Bertz CT molecular complexity index is 638. The molecule has 8 heteroatoms. The van der Waals surface area contributed by atoms with Crippen LogP contribution in [0.1, 0.15) is 39.3 Å². The van der Waals surface area contributed by atoms with Gasteiger partial charge in [-0.1, -0.05) is 6.07 Å². The first kappa shape index (κ1) is 18.9. The standard InChI is InChI=1S/C17H23NO7/c1-5-22-15(20)14(19)13(18-16(21)25-17(2,3)4)10-6-7-11-12(8-10)24-9-23-11/h6-8,13-14,19H,5,9H2,1-4H3,(H,18,21)/t13-,14-/m1/s1. The molecule has 0 radical (unpaired) electrons. The lowest BCUT2D eigenvalue weighted by molar-refractivity contribution is -0.154. The van der Waals surface area contributed by atoms with Crippen LogP contribution in [0.2, 0.25) is 0 Å². The maximum absolute atomic E-state index is 12.1. The summed E-state index contributed by atoms with van der Waals surface area (Å²) in [5, 5.41) is 12.9. The average Bonchev–Trinajstić information content (AvgIpc) is 2.98. The summed E-state index contributed by atoms with van der Waals surface area (Å²) in [6.07, 6.45) is -2.37. The number of fused-ring (bicyclic) bond motifs is 1. The molecule has 8 nitrogen and oxygen atoms in total. The van der Waals surface area contributed by atoms with Crippen LogP contribution in [0.3, 0.4) is 0 Å². The van der Waals surface area contributed by atoms with Gasteiger partial charge in [-0.05, 0) is 45.4 Å². The van der Waals surface area contributed by atoms with E-state index in [2.05, 4.69) is 5.32 Å². The lowest BCUT2D eigenvalue weighted by Gasteiger charge is -2.26. The molecular weight excluding hydrogens is 330 g/mol. The topological polar surface area (TPSA) is 103 Å². The van der Waals surface area contributed by atoms with Crippen LogP contribution in [0.25, 0.3) is 0 Å². The Balaban J connectivity index is 2.25. The SMILES string of the molecule is CCOC(=O)[C@H](O)[C@H](NC(=O)OC(C)(C)C)c1ccc2c(c1)OCO2. The molecule has 0 spiro atoms. The Kier molecular flexibility index (Phi) is 5.73. The van der Waals surface area contributed by atoms with E-state index < -0.39 is 29.8 Å². The molecule has 0 aliphatic carbocycles. The van der Waals surface area contributed by atoms with Crippen molar-refractivity contribution in [1.29, 1.82) is 0 Å². The van der Waals surface area contributed by atoms with Crippen molar-refractivity contribution >= 4 is 12.1 Å². The molecule has 1 aliphatic rings. The first-order chi connectivity index (χ1) is 11.7. The zero-order valence-corrected chi connectivity index (χ0v) is 14.7. The Morgan fingerprint density at radius 3 is 2.60 bits per heavy atom. The monoisotopic (exact) mass is 353 g/mol. The van der Waals surface area contributed by atoms with Gasteiger partial charge >= 0.3 is 12.1 Å². The number of carbonyl (C=O) groups is 2. The van der Waals surface area contributed by atoms with Crippen LogP contribution < -0.4 is 14.8 Å². The van der Waals surface area contributed by atoms with E-state index in [0.717, 1.165) is 0 Å². The van der Waals surface area contributed by atoms with Gasteiger partial charge in [-0.25, -0.2) is 9.59 Å². The zero-order valence-electron chi connectivity index (χ0n) is 14.7. The molecule has 0 saturated heterocycles. The number of aliphatic hydroxyl groups excluding tert-OH is 1. The van der Waals surface area contributed by atoms with Crippen LogP contribution in [0.4, 0.5) is 4.79 Å². The van der Waals surface area contributed by atoms with E-state index in [1.807, 2.05) is 0 Å². The fourth-order valence-corrected chi connectivity index (χ4v) is 2.25. The van der Waals surface area contributed by atoms with E-state index in [1.165, 1.54) is 0 Å². The van der Waals surface area contributed by atoms with E-state index in [1.54, 1.807) is 45.9 Å². The third kappa shape index (κ3) is 4.99. The molecule has 138 valence electrons. The quantitative estimate of drug-likeness (QED) is 0.779. The predicted octanol–water partition coefficient (Wildman–Crippen LogP) is 1.91. The number of alkyl carbamates (subject to hydrolysis) is 1. The minimum absolute atomic E-state index is 0.0867. The van der Waals surface area contributed by atoms with Gasteiger partial charge in [0.15, 0.2) is 17.6 Å². The molecule has 2 atom stereocenters. The molecular formula is C17H23NO7. The molecule has 0 aromatic heterocycles. The number of esters is 1. The number of ether oxygens (including phenoxy) is 4. The maximum Gasteiger partial charge on any atom is 0.408 e. The Morgan fingerprint density at radius 2 is 1.96 bits per heavy atom. The summed E-state index contributed by atoms with van der Waals surface area (Å²) < 4.78 is 20.6. The lowest BCUT2D eigenvalue weighted by atomic mass is 10.0. The summed E-state index contributed by atoms with van der Waals surface area (Å²) in [6, 6.07) is 3.79. The second-order valence-corrected chi connectivity index (χ2v) is 6.43. The normalized spacial score (nSPS) is 15.2. The van der Waals surface area contributed by atoms with Crippen LogP contribution in [0.15, 0.2) is 18.2 Å². The molecule has 1 amide bonds. The van der Waals surface area contributed by atoms with Crippen molar-refractivity contribution in [3.8, 4) is 11.5 Å². The molecule has 1 heterocycles. The summed E-state index contributed by atoms with van der Waals surface area (Å²) in [4.78, 5) is 24.0. The first-order valence-electron chi connectivity index (χ1n) is 7.95. The van der Waals surface area contributed by atoms with E-state index in [0.29, 0.717) is 17.1 Å². The van der Waals surface area contributed by atoms with Crippen LogP contribution in [0.5, 0.6) is 11.5 Å². The molecule has 2 N–H and O–H groups in total. The van der Waals surface area contributed by atoms with Gasteiger partial charge in [0, 0.05) is 0 Å². The maximum atomic E-state index is 12.1. The molecule has 25 heavy (non-hydrogen) atoms. The van der Waals surface area contributed by atoms with Gasteiger partial charge in [-0.2, -0.15) is 0 Å². The van der Waals surface area contributed by atoms with Crippen molar-refractivity contribution in [3.05, 3.63) is 23.8 Å². The molecule has 0 unspecified atom stereocenters. The van der Waals surface area contributed by atoms with Crippen LogP contribution >= 0.6 is 0 Å². The largest absolute Gasteiger partial charge is 0.464 e. The Hall–Kier alpha value is -2.48. The minimum atomic E-state index is -1.60. The van der Waals surface area contributed by atoms with Gasteiger partial charge in [-0.15, -0.1) is 0 Å². The number of amides is 1. The fraction of sp³-hybridized carbons (Fsp3) is 0.529. The van der Waals surface area contributed by atoms with Gasteiger partial charge in [0.25, 0.3) is 0 Å². The Labute approximate surface area is 146 Å². The third-order valence-electron chi connectivity index (χ3n) is 3.27. The number of nitrogens with one attached hydrogen (secondary N) is 1. The second kappa shape index (κ2) is 7.60. The summed E-state index contributed by atoms with van der Waals surface area (Å²) >= 11 is 0. The van der Waals surface area contributed by atoms with Gasteiger partial charge in [-0.3, -0.25) is 0 Å². The molecule has 1 aromatic carbocycles. The number of hydrogen-bond acceptors (Lipinski definition) is 7. The zero-order chi connectivity index (χ0) is 18.6. The van der Waals surface area contributed by atoms with Crippen molar-refractivity contribution in [3.63, 3.8) is 0 Å². The van der Waals surface area contributed by atoms with Crippen LogP contribution in [0, 0.1) is 0 Å². The highest BCUT2D eigenvalue weighted by atomic mass is 16.7. The van der Waals surface area contributed by atoms with Crippen molar-refractivity contribution in [1.82, 2.24) is 5.32 Å². The fourth-order valence-electron chi connectivity index (χ4n) is 2.25. The highest BCUT2D eigenvalue weighted by Gasteiger charge is 2.32. The van der Waals surface area contributed by atoms with Crippen LogP contribution in [-0.4, -0.2) is 42.3 Å². The molecule has 0 saturated carbocycles. The predicted molar refractivity (Wildman–Crippen MR) is 87.3 cm³/mol. The number of hydrogen-bond donors (Lipinski definition) is 2.